The van der Waals surface area contributed by atoms with Crippen LogP contribution in [0.5, 0.6) is 0 Å². The molecule has 2 unspecified atom stereocenters. The molecule has 1 fully saturated rings. The monoisotopic (exact) mass is 235 g/mol. The Kier molecular flexibility index (Phi) is 4.73. The Labute approximate surface area is 103 Å². The third-order valence-corrected chi connectivity index (χ3v) is 4.70. The number of nitrogens with two attached hydrogens (primary N) is 1. The van der Waals surface area contributed by atoms with Crippen LogP contribution >= 0.6 is 11.8 Å². The van der Waals surface area contributed by atoms with Crippen molar-refractivity contribution in [1.82, 2.24) is 0 Å². The first-order valence-electron chi connectivity index (χ1n) is 6.24. The fourth-order valence-electron chi connectivity index (χ4n) is 2.48. The van der Waals surface area contributed by atoms with E-state index in [1.807, 2.05) is 0 Å². The van der Waals surface area contributed by atoms with Crippen molar-refractivity contribution in [3.05, 3.63) is 35.9 Å². The minimum atomic E-state index is 0.812. The molecule has 0 bridgehead atoms. The van der Waals surface area contributed by atoms with Gasteiger partial charge >= 0.3 is 0 Å². The number of thioether (sulfide) groups is 1. The van der Waals surface area contributed by atoms with Crippen LogP contribution in [0.1, 0.15) is 24.8 Å². The highest BCUT2D eigenvalue weighted by Gasteiger charge is 2.21. The summed E-state index contributed by atoms with van der Waals surface area (Å²) in [4.78, 5) is 0. The summed E-state index contributed by atoms with van der Waals surface area (Å²) < 4.78 is 0. The van der Waals surface area contributed by atoms with E-state index in [1.165, 1.54) is 37.0 Å². The van der Waals surface area contributed by atoms with Crippen LogP contribution in [0, 0.1) is 5.92 Å². The molecule has 1 aliphatic rings. The molecule has 0 spiro atoms. The highest BCUT2D eigenvalue weighted by Crippen LogP contribution is 2.33. The lowest BCUT2D eigenvalue weighted by Crippen LogP contribution is -2.22. The largest absolute Gasteiger partial charge is 0.330 e. The van der Waals surface area contributed by atoms with Gasteiger partial charge in [0.2, 0.25) is 0 Å². The Morgan fingerprint density at radius 2 is 2.06 bits per heavy atom. The third-order valence-electron chi connectivity index (χ3n) is 3.33. The van der Waals surface area contributed by atoms with Gasteiger partial charge in [-0.3, -0.25) is 0 Å². The highest BCUT2D eigenvalue weighted by atomic mass is 32.2. The number of rotatable bonds is 4. The lowest BCUT2D eigenvalue weighted by Gasteiger charge is -2.28. The summed E-state index contributed by atoms with van der Waals surface area (Å²) in [6.45, 7) is 0.843. The normalized spacial score (nSPS) is 25.6. The van der Waals surface area contributed by atoms with Gasteiger partial charge in [-0.25, -0.2) is 0 Å². The van der Waals surface area contributed by atoms with Gasteiger partial charge in [0.05, 0.1) is 0 Å². The van der Waals surface area contributed by atoms with Crippen molar-refractivity contribution >= 4 is 11.8 Å². The molecule has 1 heterocycles. The molecule has 1 aromatic carbocycles. The van der Waals surface area contributed by atoms with Crippen LogP contribution in [0.15, 0.2) is 30.3 Å². The molecule has 1 aliphatic heterocycles. The van der Waals surface area contributed by atoms with Gasteiger partial charge in [0, 0.05) is 5.25 Å². The van der Waals surface area contributed by atoms with Gasteiger partial charge in [-0.1, -0.05) is 30.3 Å². The first-order chi connectivity index (χ1) is 7.88. The first kappa shape index (κ1) is 12.0. The Morgan fingerprint density at radius 3 is 2.81 bits per heavy atom. The fourth-order valence-corrected chi connectivity index (χ4v) is 3.99. The molecule has 1 nitrogen and oxygen atoms in total. The summed E-state index contributed by atoms with van der Waals surface area (Å²) in [5.74, 6) is 2.20. The Balaban J connectivity index is 1.85. The highest BCUT2D eigenvalue weighted by molar-refractivity contribution is 7.99. The van der Waals surface area contributed by atoms with Gasteiger partial charge in [-0.05, 0) is 49.5 Å². The summed E-state index contributed by atoms with van der Waals surface area (Å²) in [6, 6.07) is 10.9. The van der Waals surface area contributed by atoms with Crippen molar-refractivity contribution < 1.29 is 0 Å². The molecular weight excluding hydrogens is 214 g/mol. The molecule has 2 N–H and O–H groups in total. The molecule has 0 aromatic heterocycles. The van der Waals surface area contributed by atoms with E-state index in [0.717, 1.165) is 17.7 Å². The molecule has 1 saturated heterocycles. The minimum Gasteiger partial charge on any atom is -0.330 e. The molecule has 2 rings (SSSR count). The van der Waals surface area contributed by atoms with E-state index in [1.54, 1.807) is 0 Å². The maximum absolute atomic E-state index is 5.64. The molecular formula is C14H21NS. The second kappa shape index (κ2) is 6.31. The van der Waals surface area contributed by atoms with Gasteiger partial charge < -0.3 is 5.73 Å². The maximum Gasteiger partial charge on any atom is 0.00617 e. The Hall–Kier alpha value is -0.470. The Morgan fingerprint density at radius 1 is 1.25 bits per heavy atom. The summed E-state index contributed by atoms with van der Waals surface area (Å²) in [5.41, 5.74) is 7.14. The third kappa shape index (κ3) is 3.53. The van der Waals surface area contributed by atoms with Crippen LogP contribution < -0.4 is 5.73 Å². The van der Waals surface area contributed by atoms with Gasteiger partial charge in [-0.2, -0.15) is 11.8 Å². The standard InChI is InChI=1S/C14H21NS/c15-8-6-14-11-13(7-9-16-14)10-12-4-2-1-3-5-12/h1-5,13-14H,6-11,15H2. The number of hydrogen-bond donors (Lipinski definition) is 1. The molecule has 0 aliphatic carbocycles. The van der Waals surface area contributed by atoms with E-state index in [9.17, 15) is 0 Å². The predicted molar refractivity (Wildman–Crippen MR) is 72.8 cm³/mol. The van der Waals surface area contributed by atoms with E-state index in [-0.39, 0.29) is 0 Å². The Bertz CT molecular complexity index is 297. The van der Waals surface area contributed by atoms with E-state index in [2.05, 4.69) is 42.1 Å². The average molecular weight is 235 g/mol. The summed E-state index contributed by atoms with van der Waals surface area (Å²) in [5, 5.41) is 0.812. The van der Waals surface area contributed by atoms with Crippen molar-refractivity contribution in [2.75, 3.05) is 12.3 Å². The van der Waals surface area contributed by atoms with Crippen molar-refractivity contribution in [2.45, 2.75) is 30.9 Å². The van der Waals surface area contributed by atoms with Crippen LogP contribution in [-0.2, 0) is 6.42 Å². The van der Waals surface area contributed by atoms with Crippen LogP contribution in [0.2, 0.25) is 0 Å². The molecule has 88 valence electrons. The number of hydrogen-bond acceptors (Lipinski definition) is 2. The summed E-state index contributed by atoms with van der Waals surface area (Å²) >= 11 is 2.12. The SMILES string of the molecule is NCCC1CC(Cc2ccccc2)CCS1. The van der Waals surface area contributed by atoms with Gasteiger partial charge in [0.15, 0.2) is 0 Å². The fraction of sp³-hybridized carbons (Fsp3) is 0.571. The molecule has 0 saturated carbocycles. The molecule has 16 heavy (non-hydrogen) atoms. The topological polar surface area (TPSA) is 26.0 Å². The zero-order chi connectivity index (χ0) is 11.2. The van der Waals surface area contributed by atoms with E-state index < -0.39 is 0 Å². The lowest BCUT2D eigenvalue weighted by molar-refractivity contribution is 0.442. The van der Waals surface area contributed by atoms with Gasteiger partial charge in [0.1, 0.15) is 0 Å². The van der Waals surface area contributed by atoms with Crippen LogP contribution in [0.4, 0.5) is 0 Å². The molecule has 0 radical (unpaired) electrons. The van der Waals surface area contributed by atoms with E-state index in [4.69, 9.17) is 5.73 Å². The van der Waals surface area contributed by atoms with Crippen molar-refractivity contribution in [3.63, 3.8) is 0 Å². The van der Waals surface area contributed by atoms with Gasteiger partial charge in [0.25, 0.3) is 0 Å². The van der Waals surface area contributed by atoms with Crippen LogP contribution in [-0.4, -0.2) is 17.5 Å². The van der Waals surface area contributed by atoms with Crippen LogP contribution in [0.3, 0.4) is 0 Å². The zero-order valence-corrected chi connectivity index (χ0v) is 10.6. The zero-order valence-electron chi connectivity index (χ0n) is 9.77. The molecule has 1 aromatic rings. The second-order valence-corrected chi connectivity index (χ2v) is 6.06. The minimum absolute atomic E-state index is 0.812. The predicted octanol–water partition coefficient (Wildman–Crippen LogP) is 3.09. The molecule has 2 heteroatoms. The van der Waals surface area contributed by atoms with Crippen molar-refractivity contribution in [1.29, 1.82) is 0 Å². The average Bonchev–Trinajstić information content (AvgIpc) is 2.31. The van der Waals surface area contributed by atoms with Crippen molar-refractivity contribution in [2.24, 2.45) is 11.7 Å². The van der Waals surface area contributed by atoms with Crippen molar-refractivity contribution in [3.8, 4) is 0 Å². The smallest absolute Gasteiger partial charge is 0.00617 e. The quantitative estimate of drug-likeness (QED) is 0.868. The molecule has 0 amide bonds. The molecule has 2 atom stereocenters. The first-order valence-corrected chi connectivity index (χ1v) is 7.29. The number of benzene rings is 1. The summed E-state index contributed by atoms with van der Waals surface area (Å²) in [7, 11) is 0. The van der Waals surface area contributed by atoms with Crippen LogP contribution in [0.25, 0.3) is 0 Å². The second-order valence-electron chi connectivity index (χ2n) is 4.65. The maximum atomic E-state index is 5.64. The summed E-state index contributed by atoms with van der Waals surface area (Å²) in [6.07, 6.45) is 5.18. The van der Waals surface area contributed by atoms with E-state index in [0.29, 0.717) is 0 Å². The van der Waals surface area contributed by atoms with E-state index >= 15 is 0 Å². The van der Waals surface area contributed by atoms with Gasteiger partial charge in [-0.15, -0.1) is 0 Å². The lowest BCUT2D eigenvalue weighted by atomic mass is 9.91.